The molecule has 2 heterocycles. The molecule has 1 aromatic heterocycles. The Bertz CT molecular complexity index is 1310. The molecule has 0 aliphatic carbocycles. The highest BCUT2D eigenvalue weighted by Gasteiger charge is 2.31. The lowest BCUT2D eigenvalue weighted by Gasteiger charge is -2.33. The van der Waals surface area contributed by atoms with Crippen LogP contribution in [0.3, 0.4) is 0 Å². The fourth-order valence-electron chi connectivity index (χ4n) is 3.88. The van der Waals surface area contributed by atoms with Crippen LogP contribution in [0, 0.1) is 0 Å². The molecule has 1 saturated heterocycles. The van der Waals surface area contributed by atoms with Gasteiger partial charge in [0.2, 0.25) is 15.9 Å². The topological polar surface area (TPSA) is 106 Å². The number of benzene rings is 2. The average Bonchev–Trinajstić information content (AvgIpc) is 3.20. The largest absolute Gasteiger partial charge is 0.364 e. The number of primary amides is 1. The molecule has 0 bridgehead atoms. The van der Waals surface area contributed by atoms with Gasteiger partial charge in [0.1, 0.15) is 10.6 Å². The third-order valence-corrected chi connectivity index (χ3v) is 7.51. The third-order valence-electron chi connectivity index (χ3n) is 5.65. The monoisotopic (exact) mass is 452 g/mol. The predicted molar refractivity (Wildman–Crippen MR) is 122 cm³/mol. The molecule has 3 aromatic rings. The van der Waals surface area contributed by atoms with E-state index in [2.05, 4.69) is 0 Å². The molecule has 9 heteroatoms. The van der Waals surface area contributed by atoms with Crippen LogP contribution in [0.4, 0.5) is 0 Å². The summed E-state index contributed by atoms with van der Waals surface area (Å²) in [5, 5.41) is 2.16. The van der Waals surface area contributed by atoms with Gasteiger partial charge in [-0.05, 0) is 28.5 Å². The number of fused-ring (bicyclic) bond motifs is 1. The van der Waals surface area contributed by atoms with Crippen LogP contribution in [-0.4, -0.2) is 60.2 Å². The first-order valence-electron chi connectivity index (χ1n) is 10.2. The van der Waals surface area contributed by atoms with Crippen molar-refractivity contribution in [2.24, 2.45) is 12.8 Å². The van der Waals surface area contributed by atoms with Crippen molar-refractivity contribution in [2.45, 2.75) is 4.90 Å². The molecule has 0 saturated carbocycles. The molecule has 0 spiro atoms. The van der Waals surface area contributed by atoms with Gasteiger partial charge in [0.25, 0.3) is 5.91 Å². The van der Waals surface area contributed by atoms with E-state index in [1.807, 2.05) is 42.5 Å². The summed E-state index contributed by atoms with van der Waals surface area (Å²) in [5.74, 6) is -0.854. The molecule has 1 aliphatic heterocycles. The highest BCUT2D eigenvalue weighted by atomic mass is 32.2. The standard InChI is InChI=1S/C23H24N4O4S/c1-25-16-19(15-21(25)23(24)29)32(30,31)27-13-11-26(12-14-27)22(28)10-9-18-7-4-6-17-5-2-3-8-20(17)18/h2-10,15-16H,11-14H2,1H3,(H2,24,29)/b10-9+. The molecular weight excluding hydrogens is 428 g/mol. The second kappa shape index (κ2) is 8.60. The number of carbonyl (C=O) groups excluding carboxylic acids is 2. The number of hydrogen-bond acceptors (Lipinski definition) is 4. The second-order valence-corrected chi connectivity index (χ2v) is 9.61. The first-order chi connectivity index (χ1) is 15.3. The van der Waals surface area contributed by atoms with Crippen LogP contribution in [0.15, 0.2) is 65.7 Å². The summed E-state index contributed by atoms with van der Waals surface area (Å²) in [5.41, 5.74) is 6.36. The zero-order valence-corrected chi connectivity index (χ0v) is 18.5. The zero-order chi connectivity index (χ0) is 22.9. The summed E-state index contributed by atoms with van der Waals surface area (Å²) in [4.78, 5) is 25.8. The summed E-state index contributed by atoms with van der Waals surface area (Å²) >= 11 is 0. The first-order valence-corrected chi connectivity index (χ1v) is 11.6. The Morgan fingerprint density at radius 3 is 2.38 bits per heavy atom. The van der Waals surface area contributed by atoms with Crippen molar-refractivity contribution >= 4 is 38.7 Å². The van der Waals surface area contributed by atoms with E-state index in [1.165, 1.54) is 27.2 Å². The number of nitrogens with two attached hydrogens (primary N) is 1. The van der Waals surface area contributed by atoms with Crippen molar-refractivity contribution in [3.8, 4) is 0 Å². The van der Waals surface area contributed by atoms with Gasteiger partial charge in [-0.1, -0.05) is 42.5 Å². The van der Waals surface area contributed by atoms with Gasteiger partial charge in [-0.25, -0.2) is 8.42 Å². The van der Waals surface area contributed by atoms with E-state index in [0.29, 0.717) is 0 Å². The van der Waals surface area contributed by atoms with Gasteiger partial charge in [-0.3, -0.25) is 9.59 Å². The zero-order valence-electron chi connectivity index (χ0n) is 17.6. The minimum absolute atomic E-state index is 0.0180. The highest BCUT2D eigenvalue weighted by molar-refractivity contribution is 7.89. The number of amides is 2. The minimum Gasteiger partial charge on any atom is -0.364 e. The number of carbonyl (C=O) groups is 2. The van der Waals surface area contributed by atoms with E-state index in [1.54, 1.807) is 18.0 Å². The van der Waals surface area contributed by atoms with Gasteiger partial charge >= 0.3 is 0 Å². The van der Waals surface area contributed by atoms with E-state index in [9.17, 15) is 18.0 Å². The summed E-state index contributed by atoms with van der Waals surface area (Å²) < 4.78 is 28.6. The Hall–Kier alpha value is -3.43. The number of aryl methyl sites for hydroxylation is 1. The molecule has 4 rings (SSSR count). The molecule has 8 nitrogen and oxygen atoms in total. The summed E-state index contributed by atoms with van der Waals surface area (Å²) in [6.07, 6.45) is 4.70. The van der Waals surface area contributed by atoms with Gasteiger partial charge in [0, 0.05) is 45.5 Å². The van der Waals surface area contributed by atoms with Gasteiger partial charge in [0.05, 0.1) is 0 Å². The lowest BCUT2D eigenvalue weighted by molar-refractivity contribution is -0.127. The lowest BCUT2D eigenvalue weighted by Crippen LogP contribution is -2.50. The Labute approximate surface area is 186 Å². The molecule has 0 radical (unpaired) electrons. The van der Waals surface area contributed by atoms with Crippen molar-refractivity contribution < 1.29 is 18.0 Å². The van der Waals surface area contributed by atoms with Gasteiger partial charge < -0.3 is 15.2 Å². The third kappa shape index (κ3) is 4.17. The number of aromatic nitrogens is 1. The van der Waals surface area contributed by atoms with Crippen LogP contribution in [0.1, 0.15) is 16.1 Å². The molecular formula is C23H24N4O4S. The van der Waals surface area contributed by atoms with Crippen LogP contribution in [0.25, 0.3) is 16.8 Å². The van der Waals surface area contributed by atoms with E-state index in [0.717, 1.165) is 16.3 Å². The second-order valence-electron chi connectivity index (χ2n) is 7.67. The summed E-state index contributed by atoms with van der Waals surface area (Å²) in [6.45, 7) is 0.925. The Kier molecular flexibility index (Phi) is 5.86. The van der Waals surface area contributed by atoms with Crippen molar-refractivity contribution in [2.75, 3.05) is 26.2 Å². The van der Waals surface area contributed by atoms with Crippen LogP contribution in [-0.2, 0) is 21.9 Å². The van der Waals surface area contributed by atoms with Crippen LogP contribution < -0.4 is 5.73 Å². The van der Waals surface area contributed by atoms with Crippen LogP contribution in [0.5, 0.6) is 0 Å². The molecule has 32 heavy (non-hydrogen) atoms. The lowest BCUT2D eigenvalue weighted by atomic mass is 10.0. The van der Waals surface area contributed by atoms with Crippen LogP contribution in [0.2, 0.25) is 0 Å². The summed E-state index contributed by atoms with van der Waals surface area (Å²) in [6, 6.07) is 15.2. The van der Waals surface area contributed by atoms with Gasteiger partial charge in [0.15, 0.2) is 0 Å². The molecule has 2 N–H and O–H groups in total. The quantitative estimate of drug-likeness (QED) is 0.596. The van der Waals surface area contributed by atoms with Gasteiger partial charge in [-0.15, -0.1) is 0 Å². The Balaban J connectivity index is 1.43. The van der Waals surface area contributed by atoms with Gasteiger partial charge in [-0.2, -0.15) is 4.31 Å². The first kappa shape index (κ1) is 21.8. The van der Waals surface area contributed by atoms with Crippen molar-refractivity contribution in [3.05, 3.63) is 72.1 Å². The smallest absolute Gasteiger partial charge is 0.265 e. The molecule has 2 amide bonds. The number of nitrogens with zero attached hydrogens (tertiary/aromatic N) is 3. The maximum absolute atomic E-state index is 12.9. The maximum atomic E-state index is 12.9. The van der Waals surface area contributed by atoms with Crippen molar-refractivity contribution in [1.82, 2.24) is 13.8 Å². The van der Waals surface area contributed by atoms with E-state index in [-0.39, 0.29) is 42.7 Å². The fraction of sp³-hybridized carbons (Fsp3) is 0.217. The van der Waals surface area contributed by atoms with E-state index in [4.69, 9.17) is 5.73 Å². The normalized spacial score (nSPS) is 15.5. The Morgan fingerprint density at radius 2 is 1.69 bits per heavy atom. The minimum atomic E-state index is -3.78. The van der Waals surface area contributed by atoms with Crippen molar-refractivity contribution in [1.29, 1.82) is 0 Å². The fourth-order valence-corrected chi connectivity index (χ4v) is 5.37. The number of sulfonamides is 1. The van der Waals surface area contributed by atoms with Crippen LogP contribution >= 0.6 is 0 Å². The number of rotatable bonds is 5. The highest BCUT2D eigenvalue weighted by Crippen LogP contribution is 2.21. The molecule has 0 atom stereocenters. The number of hydrogen-bond donors (Lipinski definition) is 1. The summed E-state index contributed by atoms with van der Waals surface area (Å²) in [7, 11) is -2.21. The number of piperazine rings is 1. The maximum Gasteiger partial charge on any atom is 0.265 e. The predicted octanol–water partition coefficient (Wildman–Crippen LogP) is 1.82. The molecule has 2 aromatic carbocycles. The average molecular weight is 453 g/mol. The molecule has 0 unspecified atom stereocenters. The SMILES string of the molecule is Cn1cc(S(=O)(=O)N2CCN(C(=O)/C=C/c3cccc4ccccc34)CC2)cc1C(N)=O. The molecule has 1 aliphatic rings. The van der Waals surface area contributed by atoms with E-state index < -0.39 is 15.9 Å². The van der Waals surface area contributed by atoms with E-state index >= 15 is 0 Å². The molecule has 1 fully saturated rings. The Morgan fingerprint density at radius 1 is 1.00 bits per heavy atom. The molecule has 166 valence electrons. The van der Waals surface area contributed by atoms with Crippen molar-refractivity contribution in [3.63, 3.8) is 0 Å².